The SMILES string of the molecule is CCNc1ncnc(-c2cccs2)c1[N+](=O)[O-]. The maximum absolute atomic E-state index is 11.1. The molecule has 0 saturated carbocycles. The first-order valence-corrected chi connectivity index (χ1v) is 5.89. The third kappa shape index (κ3) is 2.23. The van der Waals surface area contributed by atoms with Crippen LogP contribution in [0.15, 0.2) is 23.8 Å². The van der Waals surface area contributed by atoms with Gasteiger partial charge >= 0.3 is 5.69 Å². The third-order valence-corrected chi connectivity index (χ3v) is 2.98. The lowest BCUT2D eigenvalue weighted by Crippen LogP contribution is -2.05. The van der Waals surface area contributed by atoms with Gasteiger partial charge in [-0.2, -0.15) is 0 Å². The molecule has 2 heterocycles. The van der Waals surface area contributed by atoms with Gasteiger partial charge in [-0.1, -0.05) is 6.07 Å². The fourth-order valence-electron chi connectivity index (χ4n) is 1.44. The molecule has 1 N–H and O–H groups in total. The predicted molar refractivity (Wildman–Crippen MR) is 66.2 cm³/mol. The van der Waals surface area contributed by atoms with Gasteiger partial charge in [0.2, 0.25) is 5.82 Å². The zero-order chi connectivity index (χ0) is 12.3. The van der Waals surface area contributed by atoms with Gasteiger partial charge in [0, 0.05) is 6.54 Å². The number of thiophene rings is 1. The molecule has 7 heteroatoms. The summed E-state index contributed by atoms with van der Waals surface area (Å²) in [6.45, 7) is 2.43. The van der Waals surface area contributed by atoms with E-state index in [0.717, 1.165) is 4.88 Å². The van der Waals surface area contributed by atoms with Crippen molar-refractivity contribution < 1.29 is 4.92 Å². The van der Waals surface area contributed by atoms with E-state index in [-0.39, 0.29) is 11.5 Å². The second-order valence-electron chi connectivity index (χ2n) is 3.18. The maximum atomic E-state index is 11.1. The minimum Gasteiger partial charge on any atom is -0.364 e. The number of rotatable bonds is 4. The van der Waals surface area contributed by atoms with E-state index in [0.29, 0.717) is 12.2 Å². The summed E-state index contributed by atoms with van der Waals surface area (Å²) in [7, 11) is 0. The van der Waals surface area contributed by atoms with Crippen LogP contribution in [0.25, 0.3) is 10.6 Å². The fourth-order valence-corrected chi connectivity index (χ4v) is 2.16. The van der Waals surface area contributed by atoms with Crippen LogP contribution >= 0.6 is 11.3 Å². The van der Waals surface area contributed by atoms with Gasteiger partial charge in [0.05, 0.1) is 9.80 Å². The molecule has 0 bridgehead atoms. The van der Waals surface area contributed by atoms with Gasteiger partial charge in [-0.25, -0.2) is 9.97 Å². The summed E-state index contributed by atoms with van der Waals surface area (Å²) in [4.78, 5) is 19.3. The number of anilines is 1. The fraction of sp³-hybridized carbons (Fsp3) is 0.200. The molecule has 0 amide bonds. The lowest BCUT2D eigenvalue weighted by Gasteiger charge is -2.05. The van der Waals surface area contributed by atoms with Crippen molar-refractivity contribution in [1.29, 1.82) is 0 Å². The number of nitro groups is 1. The molecule has 2 rings (SSSR count). The van der Waals surface area contributed by atoms with Crippen LogP contribution in [0.3, 0.4) is 0 Å². The van der Waals surface area contributed by atoms with Gasteiger partial charge < -0.3 is 5.32 Å². The molecule has 0 aromatic carbocycles. The molecule has 6 nitrogen and oxygen atoms in total. The first-order valence-electron chi connectivity index (χ1n) is 5.01. The van der Waals surface area contributed by atoms with Crippen molar-refractivity contribution in [3.05, 3.63) is 34.0 Å². The van der Waals surface area contributed by atoms with Crippen LogP contribution in [0.4, 0.5) is 11.5 Å². The maximum Gasteiger partial charge on any atom is 0.338 e. The van der Waals surface area contributed by atoms with Crippen molar-refractivity contribution in [3.63, 3.8) is 0 Å². The van der Waals surface area contributed by atoms with Crippen LogP contribution < -0.4 is 5.32 Å². The Morgan fingerprint density at radius 3 is 2.94 bits per heavy atom. The molecule has 2 aromatic rings. The van der Waals surface area contributed by atoms with E-state index in [1.807, 2.05) is 18.4 Å². The Kier molecular flexibility index (Phi) is 3.29. The van der Waals surface area contributed by atoms with Crippen molar-refractivity contribution in [1.82, 2.24) is 9.97 Å². The molecule has 88 valence electrons. The Morgan fingerprint density at radius 1 is 1.53 bits per heavy atom. The average Bonchev–Trinajstić information content (AvgIpc) is 2.82. The van der Waals surface area contributed by atoms with Crippen molar-refractivity contribution in [2.24, 2.45) is 0 Å². The first-order chi connectivity index (χ1) is 8.24. The molecule has 2 aromatic heterocycles. The third-order valence-electron chi connectivity index (χ3n) is 2.10. The molecule has 0 spiro atoms. The highest BCUT2D eigenvalue weighted by atomic mass is 32.1. The number of hydrogen-bond acceptors (Lipinski definition) is 6. The Morgan fingerprint density at radius 2 is 2.35 bits per heavy atom. The molecule has 0 radical (unpaired) electrons. The average molecular weight is 250 g/mol. The van der Waals surface area contributed by atoms with E-state index < -0.39 is 4.92 Å². The monoisotopic (exact) mass is 250 g/mol. The normalized spacial score (nSPS) is 10.2. The highest BCUT2D eigenvalue weighted by molar-refractivity contribution is 7.13. The van der Waals surface area contributed by atoms with Gasteiger partial charge in [-0.15, -0.1) is 11.3 Å². The zero-order valence-electron chi connectivity index (χ0n) is 9.08. The van der Waals surface area contributed by atoms with E-state index in [2.05, 4.69) is 15.3 Å². The number of hydrogen-bond donors (Lipinski definition) is 1. The second-order valence-corrected chi connectivity index (χ2v) is 4.13. The van der Waals surface area contributed by atoms with Crippen LogP contribution in [-0.2, 0) is 0 Å². The minimum absolute atomic E-state index is 0.0724. The molecule has 0 aliphatic carbocycles. The van der Waals surface area contributed by atoms with Gasteiger partial charge in [-0.3, -0.25) is 10.1 Å². The summed E-state index contributed by atoms with van der Waals surface area (Å²) >= 11 is 1.41. The van der Waals surface area contributed by atoms with Gasteiger partial charge in [-0.05, 0) is 18.4 Å². The summed E-state index contributed by atoms with van der Waals surface area (Å²) in [5.74, 6) is 0.260. The van der Waals surface area contributed by atoms with Crippen LogP contribution in [0, 0.1) is 10.1 Å². The molecule has 0 unspecified atom stereocenters. The zero-order valence-corrected chi connectivity index (χ0v) is 9.90. The smallest absolute Gasteiger partial charge is 0.338 e. The quantitative estimate of drug-likeness (QED) is 0.666. The topological polar surface area (TPSA) is 81.0 Å². The Balaban J connectivity index is 2.59. The number of nitrogens with zero attached hydrogens (tertiary/aromatic N) is 3. The van der Waals surface area contributed by atoms with E-state index in [1.54, 1.807) is 6.07 Å². The molecule has 0 aliphatic rings. The van der Waals surface area contributed by atoms with E-state index in [4.69, 9.17) is 0 Å². The van der Waals surface area contributed by atoms with Gasteiger partial charge in [0.15, 0.2) is 5.69 Å². The number of aromatic nitrogens is 2. The lowest BCUT2D eigenvalue weighted by molar-refractivity contribution is -0.383. The summed E-state index contributed by atoms with van der Waals surface area (Å²) < 4.78 is 0. The molecular formula is C10H10N4O2S. The molecule has 0 fully saturated rings. The molecule has 0 aliphatic heterocycles. The first kappa shape index (κ1) is 11.5. The highest BCUT2D eigenvalue weighted by Gasteiger charge is 2.23. The van der Waals surface area contributed by atoms with E-state index in [9.17, 15) is 10.1 Å². The van der Waals surface area contributed by atoms with Crippen LogP contribution in [0.1, 0.15) is 6.92 Å². The predicted octanol–water partition coefficient (Wildman–Crippen LogP) is 2.55. The standard InChI is InChI=1S/C10H10N4O2S/c1-2-11-10-9(14(15)16)8(12-6-13-10)7-4-3-5-17-7/h3-6H,2H2,1H3,(H,11,12,13). The Bertz CT molecular complexity index is 527. The molecule has 17 heavy (non-hydrogen) atoms. The molecule has 0 atom stereocenters. The summed E-state index contributed by atoms with van der Waals surface area (Å²) in [5.41, 5.74) is 0.285. The van der Waals surface area contributed by atoms with E-state index in [1.165, 1.54) is 17.7 Å². The Labute approximate surface area is 102 Å². The van der Waals surface area contributed by atoms with Crippen molar-refractivity contribution in [2.45, 2.75) is 6.92 Å². The second kappa shape index (κ2) is 4.88. The largest absolute Gasteiger partial charge is 0.364 e. The van der Waals surface area contributed by atoms with Gasteiger partial charge in [0.25, 0.3) is 0 Å². The van der Waals surface area contributed by atoms with Crippen LogP contribution in [0.2, 0.25) is 0 Å². The van der Waals surface area contributed by atoms with Gasteiger partial charge in [0.1, 0.15) is 6.33 Å². The minimum atomic E-state index is -0.451. The van der Waals surface area contributed by atoms with E-state index >= 15 is 0 Å². The van der Waals surface area contributed by atoms with Crippen LogP contribution in [-0.4, -0.2) is 21.4 Å². The van der Waals surface area contributed by atoms with Crippen molar-refractivity contribution >= 4 is 22.8 Å². The summed E-state index contributed by atoms with van der Waals surface area (Å²) in [6, 6.07) is 3.63. The van der Waals surface area contributed by atoms with Crippen LogP contribution in [0.5, 0.6) is 0 Å². The van der Waals surface area contributed by atoms with Crippen molar-refractivity contribution in [2.75, 3.05) is 11.9 Å². The van der Waals surface area contributed by atoms with Crippen molar-refractivity contribution in [3.8, 4) is 10.6 Å². The summed E-state index contributed by atoms with van der Waals surface area (Å²) in [5, 5.41) is 15.8. The Hall–Kier alpha value is -2.02. The lowest BCUT2D eigenvalue weighted by atomic mass is 10.2. The number of nitrogens with one attached hydrogen (secondary N) is 1. The molecule has 0 saturated heterocycles. The summed E-state index contributed by atoms with van der Waals surface area (Å²) in [6.07, 6.45) is 1.33. The molecular weight excluding hydrogens is 240 g/mol. The highest BCUT2D eigenvalue weighted by Crippen LogP contribution is 2.34.